The van der Waals surface area contributed by atoms with Gasteiger partial charge in [0.1, 0.15) is 29.1 Å². The van der Waals surface area contributed by atoms with Gasteiger partial charge in [0.2, 0.25) is 0 Å². The lowest BCUT2D eigenvalue weighted by atomic mass is 9.74. The van der Waals surface area contributed by atoms with Crippen molar-refractivity contribution in [2.75, 3.05) is 18.6 Å². The van der Waals surface area contributed by atoms with Gasteiger partial charge in [0, 0.05) is 41.2 Å². The lowest BCUT2D eigenvalue weighted by Crippen LogP contribution is -2.40. The van der Waals surface area contributed by atoms with Crippen LogP contribution in [-0.2, 0) is 34.3 Å². The number of nitrogens with two attached hydrogens (primary N) is 1. The van der Waals surface area contributed by atoms with Crippen molar-refractivity contribution >= 4 is 46.6 Å². The van der Waals surface area contributed by atoms with Crippen molar-refractivity contribution in [3.8, 4) is 11.5 Å². The average molecular weight is 701 g/mol. The molecule has 2 aliphatic rings. The molecule has 0 spiro atoms. The predicted octanol–water partition coefficient (Wildman–Crippen LogP) is 7.78. The van der Waals surface area contributed by atoms with E-state index in [2.05, 4.69) is 23.8 Å². The zero-order valence-electron chi connectivity index (χ0n) is 28.7. The monoisotopic (exact) mass is 700 g/mol. The molecule has 11 heteroatoms. The first-order valence-electron chi connectivity index (χ1n) is 16.8. The summed E-state index contributed by atoms with van der Waals surface area (Å²) in [6, 6.07) is 13.2. The number of aromatic nitrogens is 1. The Balaban J connectivity index is 1.44. The van der Waals surface area contributed by atoms with Crippen LogP contribution < -0.4 is 10.5 Å². The number of amidine groups is 2. The third kappa shape index (κ3) is 6.67. The first-order chi connectivity index (χ1) is 23.8. The van der Waals surface area contributed by atoms with Gasteiger partial charge in [-0.05, 0) is 96.9 Å². The topological polar surface area (TPSA) is 130 Å². The fraction of sp³-hybridized carbons (Fsp3) is 0.385. The van der Waals surface area contributed by atoms with Crippen LogP contribution >= 0.6 is 11.8 Å². The highest BCUT2D eigenvalue weighted by Gasteiger charge is 2.45. The van der Waals surface area contributed by atoms with E-state index in [0.717, 1.165) is 52.0 Å². The maximum Gasteiger partial charge on any atom is 0.317 e. The quantitative estimate of drug-likeness (QED) is 0.148. The SMILES string of the molecule is CN=C1N=C(N)C(C)(c2ccc3c(c2)CC(C=O)(C(=O)O)C3)CCCC(C)(C)CSCCc2c(c(F)cc3[nH]ccc23)Oc2ccc(F)c1c2. The molecule has 1 aliphatic heterocycles. The maximum absolute atomic E-state index is 15.6. The highest BCUT2D eigenvalue weighted by Crippen LogP contribution is 2.41. The van der Waals surface area contributed by atoms with Gasteiger partial charge in [-0.15, -0.1) is 0 Å². The molecule has 0 radical (unpaired) electrons. The number of aryl methyl sites for hydroxylation is 1. The zero-order chi connectivity index (χ0) is 35.8. The van der Waals surface area contributed by atoms with Gasteiger partial charge in [0.05, 0.1) is 5.56 Å². The largest absolute Gasteiger partial charge is 0.480 e. The normalized spacial score (nSPS) is 23.6. The number of carbonyl (C=O) groups excluding carboxylic acids is 1. The van der Waals surface area contributed by atoms with Crippen LogP contribution in [0.3, 0.4) is 0 Å². The summed E-state index contributed by atoms with van der Waals surface area (Å²) in [5.41, 5.74) is 8.40. The van der Waals surface area contributed by atoms with E-state index in [1.807, 2.05) is 31.2 Å². The standard InChI is InChI=1S/C39H42F2N4O4S/c1-37(2)12-5-13-38(3,25-7-6-23-19-39(21-46,36(47)48)20-24(23)16-25)35(42)45-34(43-4)29-17-26(8-9-30(29)40)49-33-28(11-15-50-22-37)27-10-14-44-32(27)18-31(33)41/h6-10,14,16-18,21,44H,5,11-13,15,19-20,22H2,1-4H3,(H,47,48)(H2,42,43,45). The molecule has 4 aromatic rings. The molecule has 1 aliphatic carbocycles. The minimum absolute atomic E-state index is 0.0345. The summed E-state index contributed by atoms with van der Waals surface area (Å²) in [5, 5.41) is 10.7. The van der Waals surface area contributed by atoms with Crippen LogP contribution in [0.15, 0.2) is 64.7 Å². The highest BCUT2D eigenvalue weighted by molar-refractivity contribution is 7.99. The van der Waals surface area contributed by atoms with Crippen LogP contribution in [-0.4, -0.2) is 52.6 Å². The smallest absolute Gasteiger partial charge is 0.317 e. The second-order valence-electron chi connectivity index (χ2n) is 14.5. The predicted molar refractivity (Wildman–Crippen MR) is 195 cm³/mol. The molecule has 0 saturated carbocycles. The number of aliphatic imine (C=N–C) groups is 2. The van der Waals surface area contributed by atoms with E-state index in [4.69, 9.17) is 15.5 Å². The number of carbonyl (C=O) groups is 2. The number of carboxylic acids is 1. The Labute approximate surface area is 294 Å². The molecule has 4 N–H and O–H groups in total. The van der Waals surface area contributed by atoms with Gasteiger partial charge in [-0.1, -0.05) is 38.5 Å². The number of aromatic amines is 1. The Morgan fingerprint density at radius 2 is 1.84 bits per heavy atom. The minimum Gasteiger partial charge on any atom is -0.480 e. The first-order valence-corrected chi connectivity index (χ1v) is 17.9. The Morgan fingerprint density at radius 1 is 1.06 bits per heavy atom. The summed E-state index contributed by atoms with van der Waals surface area (Å²) >= 11 is 1.81. The van der Waals surface area contributed by atoms with Crippen LogP contribution in [0.1, 0.15) is 67.9 Å². The molecule has 2 unspecified atom stereocenters. The molecular formula is C39H42F2N4O4S. The van der Waals surface area contributed by atoms with Gasteiger partial charge >= 0.3 is 5.97 Å². The molecule has 262 valence electrons. The summed E-state index contributed by atoms with van der Waals surface area (Å²) in [5.74, 6) is -0.0628. The summed E-state index contributed by atoms with van der Waals surface area (Å²) in [7, 11) is 1.50. The summed E-state index contributed by atoms with van der Waals surface area (Å²) in [6.45, 7) is 6.44. The van der Waals surface area contributed by atoms with Gasteiger partial charge < -0.3 is 25.4 Å². The van der Waals surface area contributed by atoms with Crippen molar-refractivity contribution in [2.45, 2.75) is 64.7 Å². The van der Waals surface area contributed by atoms with Crippen LogP contribution in [0.5, 0.6) is 11.5 Å². The van der Waals surface area contributed by atoms with Crippen LogP contribution in [0.2, 0.25) is 0 Å². The van der Waals surface area contributed by atoms with Gasteiger partial charge in [0.15, 0.2) is 17.4 Å². The second kappa shape index (κ2) is 13.7. The van der Waals surface area contributed by atoms with Crippen molar-refractivity contribution in [1.29, 1.82) is 0 Å². The van der Waals surface area contributed by atoms with Crippen LogP contribution in [0, 0.1) is 22.5 Å². The Morgan fingerprint density at radius 3 is 2.58 bits per heavy atom. The minimum atomic E-state index is -1.50. The number of hydrogen-bond donors (Lipinski definition) is 3. The lowest BCUT2D eigenvalue weighted by molar-refractivity contribution is -0.150. The van der Waals surface area contributed by atoms with Crippen LogP contribution in [0.4, 0.5) is 8.78 Å². The molecule has 0 fully saturated rings. The van der Waals surface area contributed by atoms with Gasteiger partial charge in [-0.2, -0.15) is 11.8 Å². The van der Waals surface area contributed by atoms with E-state index >= 15 is 8.78 Å². The molecule has 2 atom stereocenters. The van der Waals surface area contributed by atoms with Crippen molar-refractivity contribution < 1.29 is 28.2 Å². The fourth-order valence-electron chi connectivity index (χ4n) is 7.18. The number of benzene rings is 3. The number of aldehydes is 1. The number of thioether (sulfide) groups is 1. The summed E-state index contributed by atoms with van der Waals surface area (Å²) in [4.78, 5) is 36.2. The van der Waals surface area contributed by atoms with Crippen LogP contribution in [0.25, 0.3) is 10.9 Å². The zero-order valence-corrected chi connectivity index (χ0v) is 29.6. The maximum atomic E-state index is 15.6. The molecule has 0 amide bonds. The summed E-state index contributed by atoms with van der Waals surface area (Å²) < 4.78 is 37.3. The van der Waals surface area contributed by atoms with Gasteiger partial charge in [-0.3, -0.25) is 9.79 Å². The van der Waals surface area contributed by atoms with Crippen molar-refractivity contribution in [2.24, 2.45) is 26.5 Å². The van der Waals surface area contributed by atoms with Gasteiger partial charge in [0.25, 0.3) is 0 Å². The Kier molecular flexibility index (Phi) is 9.65. The Hall–Kier alpha value is -4.51. The van der Waals surface area contributed by atoms with E-state index < -0.39 is 28.4 Å². The van der Waals surface area contributed by atoms with E-state index in [1.165, 1.54) is 31.3 Å². The molecule has 0 saturated heterocycles. The molecule has 2 heterocycles. The van der Waals surface area contributed by atoms with Crippen molar-refractivity contribution in [3.63, 3.8) is 0 Å². The molecule has 2 bridgehead atoms. The molecule has 50 heavy (non-hydrogen) atoms. The molecule has 8 nitrogen and oxygen atoms in total. The third-order valence-electron chi connectivity index (χ3n) is 10.3. The van der Waals surface area contributed by atoms with E-state index in [0.29, 0.717) is 24.6 Å². The van der Waals surface area contributed by atoms with E-state index in [9.17, 15) is 14.7 Å². The number of fused-ring (bicyclic) bond motifs is 6. The molecule has 1 aromatic heterocycles. The molecule has 6 rings (SSSR count). The number of nitrogens with one attached hydrogen (secondary N) is 1. The van der Waals surface area contributed by atoms with Crippen molar-refractivity contribution in [3.05, 3.63) is 94.2 Å². The van der Waals surface area contributed by atoms with Crippen molar-refractivity contribution in [1.82, 2.24) is 4.98 Å². The Bertz CT molecular complexity index is 2040. The number of nitrogens with zero attached hydrogens (tertiary/aromatic N) is 2. The summed E-state index contributed by atoms with van der Waals surface area (Å²) in [6.07, 6.45) is 5.37. The fourth-order valence-corrected chi connectivity index (χ4v) is 8.37. The third-order valence-corrected chi connectivity index (χ3v) is 11.8. The molecular weight excluding hydrogens is 659 g/mol. The highest BCUT2D eigenvalue weighted by atomic mass is 32.2. The number of hydrogen-bond acceptors (Lipinski definition) is 6. The van der Waals surface area contributed by atoms with E-state index in [-0.39, 0.29) is 47.0 Å². The number of rotatable bonds is 3. The molecule has 3 aromatic carbocycles. The number of carboxylic acid groups (broad SMARTS) is 1. The average Bonchev–Trinajstić information content (AvgIpc) is 3.71. The first kappa shape index (κ1) is 35.3. The number of ether oxygens (including phenoxy) is 1. The van der Waals surface area contributed by atoms with Gasteiger partial charge in [-0.25, -0.2) is 13.8 Å². The number of aliphatic carboxylic acids is 1. The lowest BCUT2D eigenvalue weighted by Gasteiger charge is -2.32. The van der Waals surface area contributed by atoms with E-state index in [1.54, 1.807) is 18.0 Å². The number of H-pyrrole nitrogens is 1. The second-order valence-corrected chi connectivity index (χ2v) is 15.6. The number of halogens is 2.